The number of hydrogen-bond acceptors (Lipinski definition) is 6. The van der Waals surface area contributed by atoms with E-state index in [1.54, 1.807) is 25.7 Å². The molecule has 0 radical (unpaired) electrons. The predicted molar refractivity (Wildman–Crippen MR) is 161 cm³/mol. The van der Waals surface area contributed by atoms with E-state index in [-0.39, 0.29) is 13.2 Å². The van der Waals surface area contributed by atoms with Gasteiger partial charge in [0.15, 0.2) is 0 Å². The Kier molecular flexibility index (Phi) is 11.2. The first-order chi connectivity index (χ1) is 19.3. The molecule has 3 amide bonds. The number of carbonyl (C=O) groups excluding carboxylic acids is 3. The minimum Gasteiger partial charge on any atom is -0.450 e. The number of rotatable bonds is 10. The van der Waals surface area contributed by atoms with E-state index < -0.39 is 50.1 Å². The van der Waals surface area contributed by atoms with E-state index in [0.717, 1.165) is 17.2 Å². The van der Waals surface area contributed by atoms with Gasteiger partial charge >= 0.3 is 18.3 Å². The molecule has 0 spiro atoms. The summed E-state index contributed by atoms with van der Waals surface area (Å²) in [5, 5.41) is 5.88. The van der Waals surface area contributed by atoms with Gasteiger partial charge in [0, 0.05) is 14.6 Å². The molecule has 0 aromatic heterocycles. The molecule has 10 heteroatoms. The standard InChI is InChI=1S/C31H45N3O6Si/c1-31(2,3)40-29(36)32-25-17-18-26(27(25)33-28(35)38-19-20-41(4,5)6)34(21-23-13-9-7-10-14-23)30(37)39-22-24-15-11-8-12-16-24/h7-16,25-27H,17-22H2,1-6H3,(H,32,36)(H,33,35)/t25-,26-,27+/m0/s1. The number of ether oxygens (including phenoxy) is 3. The molecule has 0 bridgehead atoms. The molecule has 0 heterocycles. The summed E-state index contributed by atoms with van der Waals surface area (Å²) in [4.78, 5) is 40.9. The third-order valence-electron chi connectivity index (χ3n) is 6.73. The van der Waals surface area contributed by atoms with Gasteiger partial charge in [-0.1, -0.05) is 80.3 Å². The summed E-state index contributed by atoms with van der Waals surface area (Å²) < 4.78 is 16.8. The molecular weight excluding hydrogens is 538 g/mol. The second kappa shape index (κ2) is 14.4. The lowest BCUT2D eigenvalue weighted by Crippen LogP contribution is -2.58. The Hall–Kier alpha value is -3.53. The molecule has 3 atom stereocenters. The lowest BCUT2D eigenvalue weighted by Gasteiger charge is -2.34. The van der Waals surface area contributed by atoms with Crippen LogP contribution in [0.2, 0.25) is 25.7 Å². The van der Waals surface area contributed by atoms with E-state index in [0.29, 0.717) is 19.4 Å². The van der Waals surface area contributed by atoms with E-state index >= 15 is 0 Å². The number of benzene rings is 2. The van der Waals surface area contributed by atoms with Crippen molar-refractivity contribution in [3.8, 4) is 0 Å². The molecule has 1 fully saturated rings. The molecule has 1 aliphatic carbocycles. The molecular formula is C31H45N3O6Si. The lowest BCUT2D eigenvalue weighted by molar-refractivity contribution is 0.0481. The average molecular weight is 584 g/mol. The summed E-state index contributed by atoms with van der Waals surface area (Å²) in [5.41, 5.74) is 1.11. The molecule has 9 nitrogen and oxygen atoms in total. The van der Waals surface area contributed by atoms with Crippen LogP contribution in [-0.4, -0.2) is 61.6 Å². The minimum atomic E-state index is -1.40. The molecule has 41 heavy (non-hydrogen) atoms. The maximum absolute atomic E-state index is 13.6. The van der Waals surface area contributed by atoms with E-state index in [4.69, 9.17) is 14.2 Å². The minimum absolute atomic E-state index is 0.119. The molecule has 1 aliphatic rings. The van der Waals surface area contributed by atoms with Crippen molar-refractivity contribution >= 4 is 26.4 Å². The van der Waals surface area contributed by atoms with E-state index in [2.05, 4.69) is 30.3 Å². The topological polar surface area (TPSA) is 106 Å². The van der Waals surface area contributed by atoms with Crippen LogP contribution in [0.1, 0.15) is 44.7 Å². The van der Waals surface area contributed by atoms with Crippen molar-refractivity contribution < 1.29 is 28.6 Å². The van der Waals surface area contributed by atoms with Crippen molar-refractivity contribution in [3.05, 3.63) is 71.8 Å². The van der Waals surface area contributed by atoms with Gasteiger partial charge in [-0.3, -0.25) is 4.90 Å². The van der Waals surface area contributed by atoms with Gasteiger partial charge in [-0.05, 0) is 50.8 Å². The van der Waals surface area contributed by atoms with E-state index in [9.17, 15) is 14.4 Å². The molecule has 0 saturated heterocycles. The SMILES string of the molecule is CC(C)(C)OC(=O)N[C@H]1CC[C@H](N(Cc2ccccc2)C(=O)OCc2ccccc2)[C@@H]1NC(=O)OCC[Si](C)(C)C. The van der Waals surface area contributed by atoms with Crippen molar-refractivity contribution in [1.29, 1.82) is 0 Å². The molecule has 2 N–H and O–H groups in total. The molecule has 0 aliphatic heterocycles. The third-order valence-corrected chi connectivity index (χ3v) is 8.43. The Bertz CT molecular complexity index is 1130. The molecule has 2 aromatic carbocycles. The molecule has 0 unspecified atom stereocenters. The third kappa shape index (κ3) is 11.1. The van der Waals surface area contributed by atoms with E-state index in [1.165, 1.54) is 0 Å². The van der Waals surface area contributed by atoms with Gasteiger partial charge in [0.25, 0.3) is 0 Å². The Balaban J connectivity index is 1.83. The second-order valence-electron chi connectivity index (χ2n) is 12.7. The van der Waals surface area contributed by atoms with Gasteiger partial charge in [0.2, 0.25) is 0 Å². The second-order valence-corrected chi connectivity index (χ2v) is 18.3. The molecule has 1 saturated carbocycles. The zero-order chi connectivity index (χ0) is 30.0. The fourth-order valence-corrected chi connectivity index (χ4v) is 5.39. The van der Waals surface area contributed by atoms with E-state index in [1.807, 2.05) is 60.7 Å². The van der Waals surface area contributed by atoms with Gasteiger partial charge in [0.05, 0.1) is 24.7 Å². The highest BCUT2D eigenvalue weighted by Gasteiger charge is 2.44. The van der Waals surface area contributed by atoms with Crippen LogP contribution >= 0.6 is 0 Å². The Morgan fingerprint density at radius 3 is 2.05 bits per heavy atom. The highest BCUT2D eigenvalue weighted by molar-refractivity contribution is 6.76. The summed E-state index contributed by atoms with van der Waals surface area (Å²) in [5.74, 6) is 0. The quantitative estimate of drug-likeness (QED) is 0.251. The van der Waals surface area contributed by atoms with Crippen LogP contribution < -0.4 is 10.6 Å². The number of amides is 3. The molecule has 3 rings (SSSR count). The maximum atomic E-state index is 13.6. The number of nitrogens with one attached hydrogen (secondary N) is 2. The number of nitrogens with zero attached hydrogens (tertiary/aromatic N) is 1. The van der Waals surface area contributed by atoms with Gasteiger partial charge < -0.3 is 24.8 Å². The number of alkyl carbamates (subject to hydrolysis) is 2. The highest BCUT2D eigenvalue weighted by Crippen LogP contribution is 2.28. The van der Waals surface area contributed by atoms with Gasteiger partial charge in [0.1, 0.15) is 12.2 Å². The molecule has 2 aromatic rings. The van der Waals surface area contributed by atoms with Crippen LogP contribution in [0.25, 0.3) is 0 Å². The Morgan fingerprint density at radius 1 is 0.854 bits per heavy atom. The van der Waals surface area contributed by atoms with Crippen LogP contribution in [0.15, 0.2) is 60.7 Å². The zero-order valence-corrected chi connectivity index (χ0v) is 26.1. The zero-order valence-electron chi connectivity index (χ0n) is 25.1. The van der Waals surface area contributed by atoms with Crippen molar-refractivity contribution in [2.45, 2.75) is 96.2 Å². The summed E-state index contributed by atoms with van der Waals surface area (Å²) >= 11 is 0. The fourth-order valence-electron chi connectivity index (χ4n) is 4.67. The number of hydrogen-bond donors (Lipinski definition) is 2. The lowest BCUT2D eigenvalue weighted by atomic mass is 10.1. The summed E-state index contributed by atoms with van der Waals surface area (Å²) in [7, 11) is -1.40. The average Bonchev–Trinajstić information content (AvgIpc) is 3.26. The van der Waals surface area contributed by atoms with Crippen LogP contribution in [-0.2, 0) is 27.4 Å². The predicted octanol–water partition coefficient (Wildman–Crippen LogP) is 6.31. The van der Waals surface area contributed by atoms with Crippen LogP contribution in [0.4, 0.5) is 14.4 Å². The van der Waals surface area contributed by atoms with Crippen molar-refractivity contribution in [3.63, 3.8) is 0 Å². The highest BCUT2D eigenvalue weighted by atomic mass is 28.3. The number of carbonyl (C=O) groups is 3. The summed E-state index contributed by atoms with van der Waals surface area (Å²) in [6.45, 7) is 12.7. The van der Waals surface area contributed by atoms with Crippen LogP contribution in [0.3, 0.4) is 0 Å². The van der Waals surface area contributed by atoms with Gasteiger partial charge in [-0.2, -0.15) is 0 Å². The normalized spacial score (nSPS) is 18.7. The maximum Gasteiger partial charge on any atom is 0.410 e. The van der Waals surface area contributed by atoms with Crippen molar-refractivity contribution in [1.82, 2.24) is 15.5 Å². The Morgan fingerprint density at radius 2 is 1.46 bits per heavy atom. The fraction of sp³-hybridized carbons (Fsp3) is 0.516. The first-order valence-electron chi connectivity index (χ1n) is 14.2. The Labute approximate surface area is 244 Å². The monoisotopic (exact) mass is 583 g/mol. The first kappa shape index (κ1) is 32.0. The first-order valence-corrected chi connectivity index (χ1v) is 18.0. The largest absolute Gasteiger partial charge is 0.450 e. The molecule has 224 valence electrons. The van der Waals surface area contributed by atoms with Crippen molar-refractivity contribution in [2.24, 2.45) is 0 Å². The van der Waals surface area contributed by atoms with Gasteiger partial charge in [-0.25, -0.2) is 14.4 Å². The van der Waals surface area contributed by atoms with Crippen LogP contribution in [0, 0.1) is 0 Å². The van der Waals surface area contributed by atoms with Crippen LogP contribution in [0.5, 0.6) is 0 Å². The summed E-state index contributed by atoms with van der Waals surface area (Å²) in [6, 6.07) is 18.4. The van der Waals surface area contributed by atoms with Gasteiger partial charge in [-0.15, -0.1) is 0 Å². The smallest absolute Gasteiger partial charge is 0.410 e. The summed E-state index contributed by atoms with van der Waals surface area (Å²) in [6.07, 6.45) is -0.592. The van der Waals surface area contributed by atoms with Crippen molar-refractivity contribution in [2.75, 3.05) is 6.61 Å².